The Bertz CT molecular complexity index is 535. The summed E-state index contributed by atoms with van der Waals surface area (Å²) in [5.41, 5.74) is 9.68. The molecule has 0 heterocycles. The Labute approximate surface area is 118 Å². The van der Waals surface area contributed by atoms with Crippen molar-refractivity contribution in [1.82, 2.24) is 0 Å². The van der Waals surface area contributed by atoms with Crippen LogP contribution in [0.5, 0.6) is 0 Å². The molecule has 0 fully saturated rings. The summed E-state index contributed by atoms with van der Waals surface area (Å²) in [5, 5.41) is 1.49. The minimum Gasteiger partial charge on any atom is -0.324 e. The van der Waals surface area contributed by atoms with E-state index in [0.29, 0.717) is 0 Å². The number of rotatable bonds is 3. The first-order valence-electron chi connectivity index (χ1n) is 5.82. The van der Waals surface area contributed by atoms with Gasteiger partial charge in [-0.1, -0.05) is 41.4 Å². The number of hydrogen-bond acceptors (Lipinski definition) is 1. The molecule has 1 nitrogen and oxygen atoms in total. The van der Waals surface area contributed by atoms with Crippen molar-refractivity contribution in [2.45, 2.75) is 19.4 Å². The highest BCUT2D eigenvalue weighted by Crippen LogP contribution is 2.23. The Morgan fingerprint density at radius 1 is 1.00 bits per heavy atom. The molecule has 2 rings (SSSR count). The monoisotopic (exact) mass is 279 g/mol. The van der Waals surface area contributed by atoms with Crippen molar-refractivity contribution in [2.24, 2.45) is 5.73 Å². The molecule has 0 amide bonds. The Morgan fingerprint density at radius 2 is 1.61 bits per heavy atom. The minimum atomic E-state index is -0.0246. The summed E-state index contributed by atoms with van der Waals surface area (Å²) in [7, 11) is 0. The van der Waals surface area contributed by atoms with Crippen LogP contribution in [0.25, 0.3) is 0 Å². The number of benzene rings is 2. The first kappa shape index (κ1) is 13.4. The zero-order chi connectivity index (χ0) is 13.1. The zero-order valence-electron chi connectivity index (χ0n) is 10.2. The fourth-order valence-corrected chi connectivity index (χ4v) is 2.39. The van der Waals surface area contributed by atoms with Gasteiger partial charge in [-0.2, -0.15) is 0 Å². The normalized spacial score (nSPS) is 12.4. The van der Waals surface area contributed by atoms with E-state index >= 15 is 0 Å². The molecule has 94 valence electrons. The SMILES string of the molecule is Cc1cc(Cl)ccc1C(N)Cc1ccc(Cl)cc1. The molecule has 0 spiro atoms. The third-order valence-electron chi connectivity index (χ3n) is 3.00. The number of aryl methyl sites for hydroxylation is 1. The molecule has 0 saturated heterocycles. The van der Waals surface area contributed by atoms with Gasteiger partial charge in [-0.3, -0.25) is 0 Å². The summed E-state index contributed by atoms with van der Waals surface area (Å²) < 4.78 is 0. The molecule has 0 bridgehead atoms. The van der Waals surface area contributed by atoms with E-state index in [9.17, 15) is 0 Å². The quantitative estimate of drug-likeness (QED) is 0.877. The predicted octanol–water partition coefficient (Wildman–Crippen LogP) is 4.54. The molecule has 0 radical (unpaired) electrons. The van der Waals surface area contributed by atoms with Crippen LogP contribution in [0, 0.1) is 6.92 Å². The Hall–Kier alpha value is -1.02. The molecule has 3 heteroatoms. The Kier molecular flexibility index (Phi) is 4.28. The summed E-state index contributed by atoms with van der Waals surface area (Å²) in [5.74, 6) is 0. The second kappa shape index (κ2) is 5.75. The van der Waals surface area contributed by atoms with Crippen LogP contribution in [0.1, 0.15) is 22.7 Å². The van der Waals surface area contributed by atoms with Crippen LogP contribution in [-0.4, -0.2) is 0 Å². The molecule has 18 heavy (non-hydrogen) atoms. The molecule has 2 N–H and O–H groups in total. The van der Waals surface area contributed by atoms with Gasteiger partial charge in [0.15, 0.2) is 0 Å². The molecule has 0 aliphatic carbocycles. The number of halogens is 2. The highest BCUT2D eigenvalue weighted by Gasteiger charge is 2.10. The molecule has 0 saturated carbocycles. The smallest absolute Gasteiger partial charge is 0.0408 e. The van der Waals surface area contributed by atoms with Crippen LogP contribution < -0.4 is 5.73 Å². The van der Waals surface area contributed by atoms with E-state index < -0.39 is 0 Å². The lowest BCUT2D eigenvalue weighted by atomic mass is 9.96. The second-order valence-corrected chi connectivity index (χ2v) is 5.31. The van der Waals surface area contributed by atoms with Gasteiger partial charge in [-0.15, -0.1) is 0 Å². The van der Waals surface area contributed by atoms with Gasteiger partial charge in [0, 0.05) is 16.1 Å². The summed E-state index contributed by atoms with van der Waals surface area (Å²) in [6.07, 6.45) is 0.791. The van der Waals surface area contributed by atoms with Crippen LogP contribution >= 0.6 is 23.2 Å². The molecule has 1 atom stereocenters. The van der Waals surface area contributed by atoms with E-state index in [0.717, 1.165) is 27.6 Å². The average Bonchev–Trinajstić information content (AvgIpc) is 2.32. The van der Waals surface area contributed by atoms with Gasteiger partial charge in [-0.25, -0.2) is 0 Å². The van der Waals surface area contributed by atoms with Gasteiger partial charge >= 0.3 is 0 Å². The third-order valence-corrected chi connectivity index (χ3v) is 3.49. The molecular weight excluding hydrogens is 265 g/mol. The molecule has 1 unspecified atom stereocenters. The van der Waals surface area contributed by atoms with Gasteiger partial charge in [0.2, 0.25) is 0 Å². The highest BCUT2D eigenvalue weighted by atomic mass is 35.5. The van der Waals surface area contributed by atoms with E-state index in [1.165, 1.54) is 5.56 Å². The van der Waals surface area contributed by atoms with E-state index in [1.54, 1.807) is 0 Å². The molecule has 2 aromatic carbocycles. The fourth-order valence-electron chi connectivity index (χ4n) is 2.04. The maximum absolute atomic E-state index is 6.24. The van der Waals surface area contributed by atoms with Crippen LogP contribution in [-0.2, 0) is 6.42 Å². The summed E-state index contributed by atoms with van der Waals surface area (Å²) in [6, 6.07) is 13.6. The van der Waals surface area contributed by atoms with Gasteiger partial charge in [-0.05, 0) is 54.3 Å². The molecular formula is C15H15Cl2N. The van der Waals surface area contributed by atoms with Crippen molar-refractivity contribution in [3.8, 4) is 0 Å². The Balaban J connectivity index is 2.16. The van der Waals surface area contributed by atoms with Gasteiger partial charge in [0.25, 0.3) is 0 Å². The molecule has 0 aromatic heterocycles. The largest absolute Gasteiger partial charge is 0.324 e. The lowest BCUT2D eigenvalue weighted by Crippen LogP contribution is -2.14. The minimum absolute atomic E-state index is 0.0246. The van der Waals surface area contributed by atoms with Gasteiger partial charge in [0.1, 0.15) is 0 Å². The molecule has 2 aromatic rings. The van der Waals surface area contributed by atoms with E-state index in [2.05, 4.69) is 0 Å². The maximum atomic E-state index is 6.24. The number of hydrogen-bond donors (Lipinski definition) is 1. The Morgan fingerprint density at radius 3 is 2.22 bits per heavy atom. The van der Waals surface area contributed by atoms with Crippen LogP contribution in [0.2, 0.25) is 10.0 Å². The van der Waals surface area contributed by atoms with Crippen LogP contribution in [0.4, 0.5) is 0 Å². The van der Waals surface area contributed by atoms with Crippen molar-refractivity contribution < 1.29 is 0 Å². The molecule has 0 aliphatic heterocycles. The van der Waals surface area contributed by atoms with Gasteiger partial charge < -0.3 is 5.73 Å². The average molecular weight is 280 g/mol. The zero-order valence-corrected chi connectivity index (χ0v) is 11.7. The van der Waals surface area contributed by atoms with Crippen LogP contribution in [0.3, 0.4) is 0 Å². The summed E-state index contributed by atoms with van der Waals surface area (Å²) >= 11 is 11.8. The first-order chi connectivity index (χ1) is 8.56. The van der Waals surface area contributed by atoms with Crippen molar-refractivity contribution >= 4 is 23.2 Å². The predicted molar refractivity (Wildman–Crippen MR) is 78.3 cm³/mol. The van der Waals surface area contributed by atoms with Crippen molar-refractivity contribution in [1.29, 1.82) is 0 Å². The maximum Gasteiger partial charge on any atom is 0.0408 e. The number of nitrogens with two attached hydrogens (primary N) is 1. The summed E-state index contributed by atoms with van der Waals surface area (Å²) in [4.78, 5) is 0. The molecule has 0 aliphatic rings. The second-order valence-electron chi connectivity index (χ2n) is 4.44. The summed E-state index contributed by atoms with van der Waals surface area (Å²) in [6.45, 7) is 2.03. The van der Waals surface area contributed by atoms with Crippen molar-refractivity contribution in [2.75, 3.05) is 0 Å². The lowest BCUT2D eigenvalue weighted by Gasteiger charge is -2.15. The van der Waals surface area contributed by atoms with Gasteiger partial charge in [0.05, 0.1) is 0 Å². The van der Waals surface area contributed by atoms with Crippen molar-refractivity contribution in [3.05, 3.63) is 69.2 Å². The standard InChI is InChI=1S/C15H15Cl2N/c1-10-8-13(17)6-7-14(10)15(18)9-11-2-4-12(16)5-3-11/h2-8,15H,9,18H2,1H3. The first-order valence-corrected chi connectivity index (χ1v) is 6.58. The third kappa shape index (κ3) is 3.26. The van der Waals surface area contributed by atoms with E-state index in [4.69, 9.17) is 28.9 Å². The lowest BCUT2D eigenvalue weighted by molar-refractivity contribution is 0.717. The fraction of sp³-hybridized carbons (Fsp3) is 0.200. The topological polar surface area (TPSA) is 26.0 Å². The highest BCUT2D eigenvalue weighted by molar-refractivity contribution is 6.30. The van der Waals surface area contributed by atoms with Crippen molar-refractivity contribution in [3.63, 3.8) is 0 Å². The van der Waals surface area contributed by atoms with E-state index in [1.807, 2.05) is 49.4 Å². The van der Waals surface area contributed by atoms with Crippen LogP contribution in [0.15, 0.2) is 42.5 Å². The van der Waals surface area contributed by atoms with E-state index in [-0.39, 0.29) is 6.04 Å².